The molecule has 2 nitrogen and oxygen atoms in total. The lowest BCUT2D eigenvalue weighted by molar-refractivity contribution is -0.0568. The van der Waals surface area contributed by atoms with E-state index in [1.165, 1.54) is 38.5 Å². The van der Waals surface area contributed by atoms with E-state index in [-0.39, 0.29) is 6.10 Å². The Bertz CT molecular complexity index is 670. The molecular weight excluding hydrogens is 376 g/mol. The number of allylic oxidation sites excluding steroid dienone is 1. The van der Waals surface area contributed by atoms with Crippen LogP contribution in [0.3, 0.4) is 0 Å². The first-order chi connectivity index (χ1) is 13.7. The van der Waals surface area contributed by atoms with Crippen molar-refractivity contribution in [2.24, 2.45) is 40.4 Å². The van der Waals surface area contributed by atoms with E-state index in [0.29, 0.717) is 22.0 Å². The zero-order chi connectivity index (χ0) is 21.0. The Balaban J connectivity index is 1.49. The van der Waals surface area contributed by atoms with Gasteiger partial charge >= 0.3 is 0 Å². The molecule has 4 aliphatic carbocycles. The highest BCUT2D eigenvalue weighted by molar-refractivity contribution is 7.85. The standard InChI is InChI=1S/C26H44O2S/c1-17(2)29(28)15-12-18(3)22-8-9-23-21-7-6-19-16-20(27)10-13-25(19,4)24(21)11-14-26(22,23)5/h6,17-18,20-24,27H,7-16H2,1-5H3/t18-,20+,21+,22-,23+,24+,25+,26-,29?/m1/s1. The summed E-state index contributed by atoms with van der Waals surface area (Å²) in [7, 11) is -0.664. The van der Waals surface area contributed by atoms with Crippen molar-refractivity contribution >= 4 is 10.8 Å². The molecule has 166 valence electrons. The van der Waals surface area contributed by atoms with E-state index >= 15 is 0 Å². The highest BCUT2D eigenvalue weighted by atomic mass is 32.2. The summed E-state index contributed by atoms with van der Waals surface area (Å²) >= 11 is 0. The van der Waals surface area contributed by atoms with Gasteiger partial charge in [-0.25, -0.2) is 0 Å². The number of aliphatic hydroxyl groups excluding tert-OH is 1. The van der Waals surface area contributed by atoms with Gasteiger partial charge in [0.15, 0.2) is 0 Å². The summed E-state index contributed by atoms with van der Waals surface area (Å²) < 4.78 is 12.3. The van der Waals surface area contributed by atoms with Gasteiger partial charge in [-0.2, -0.15) is 0 Å². The normalized spacial score (nSPS) is 46.4. The van der Waals surface area contributed by atoms with Crippen molar-refractivity contribution in [1.82, 2.24) is 0 Å². The highest BCUT2D eigenvalue weighted by Gasteiger charge is 2.59. The molecule has 0 saturated heterocycles. The third kappa shape index (κ3) is 3.71. The fraction of sp³-hybridized carbons (Fsp3) is 0.923. The summed E-state index contributed by atoms with van der Waals surface area (Å²) in [6.45, 7) is 11.8. The molecule has 0 aromatic carbocycles. The number of aliphatic hydroxyl groups is 1. The monoisotopic (exact) mass is 420 g/mol. The third-order valence-corrected chi connectivity index (χ3v) is 11.8. The maximum atomic E-state index is 12.3. The van der Waals surface area contributed by atoms with Crippen LogP contribution >= 0.6 is 0 Å². The van der Waals surface area contributed by atoms with E-state index in [0.717, 1.165) is 48.7 Å². The molecule has 29 heavy (non-hydrogen) atoms. The number of hydrogen-bond acceptors (Lipinski definition) is 2. The van der Waals surface area contributed by atoms with Gasteiger partial charge in [0.1, 0.15) is 0 Å². The van der Waals surface area contributed by atoms with Crippen molar-refractivity contribution in [2.45, 2.75) is 104 Å². The number of rotatable bonds is 5. The van der Waals surface area contributed by atoms with Crippen molar-refractivity contribution in [1.29, 1.82) is 0 Å². The van der Waals surface area contributed by atoms with E-state index < -0.39 is 10.8 Å². The molecule has 4 aliphatic rings. The van der Waals surface area contributed by atoms with Gasteiger partial charge < -0.3 is 5.11 Å². The van der Waals surface area contributed by atoms with Crippen LogP contribution in [0.25, 0.3) is 0 Å². The largest absolute Gasteiger partial charge is 0.393 e. The molecule has 3 saturated carbocycles. The van der Waals surface area contributed by atoms with Crippen LogP contribution in [0.1, 0.15) is 92.4 Å². The minimum Gasteiger partial charge on any atom is -0.393 e. The number of hydrogen-bond donors (Lipinski definition) is 1. The quantitative estimate of drug-likeness (QED) is 0.545. The van der Waals surface area contributed by atoms with Gasteiger partial charge in [-0.3, -0.25) is 4.21 Å². The van der Waals surface area contributed by atoms with E-state index in [4.69, 9.17) is 0 Å². The predicted octanol–water partition coefficient (Wildman–Crippen LogP) is 6.11. The van der Waals surface area contributed by atoms with Crippen molar-refractivity contribution in [3.8, 4) is 0 Å². The van der Waals surface area contributed by atoms with Crippen molar-refractivity contribution in [2.75, 3.05) is 5.75 Å². The van der Waals surface area contributed by atoms with Gasteiger partial charge in [0, 0.05) is 21.8 Å². The summed E-state index contributed by atoms with van der Waals surface area (Å²) in [5.41, 5.74) is 2.41. The average Bonchev–Trinajstić information content (AvgIpc) is 3.03. The molecule has 0 spiro atoms. The zero-order valence-corrected chi connectivity index (χ0v) is 20.3. The number of fused-ring (bicyclic) bond motifs is 5. The van der Waals surface area contributed by atoms with Gasteiger partial charge in [0.25, 0.3) is 0 Å². The maximum Gasteiger partial charge on any atom is 0.0577 e. The third-order valence-electron chi connectivity index (χ3n) is 10.1. The Morgan fingerprint density at radius 2 is 1.86 bits per heavy atom. The lowest BCUT2D eigenvalue weighted by Crippen LogP contribution is -2.50. The molecule has 0 radical (unpaired) electrons. The summed E-state index contributed by atoms with van der Waals surface area (Å²) in [5, 5.41) is 10.5. The Kier molecular flexibility index (Phi) is 6.15. The van der Waals surface area contributed by atoms with E-state index in [9.17, 15) is 9.32 Å². The first-order valence-electron chi connectivity index (χ1n) is 12.4. The van der Waals surface area contributed by atoms with Crippen LogP contribution in [0.2, 0.25) is 0 Å². The van der Waals surface area contributed by atoms with Gasteiger partial charge in [-0.15, -0.1) is 0 Å². The molecule has 0 bridgehead atoms. The first kappa shape index (κ1) is 22.1. The van der Waals surface area contributed by atoms with Gasteiger partial charge in [-0.05, 0) is 98.2 Å². The van der Waals surface area contributed by atoms with E-state index in [1.807, 2.05) is 0 Å². The average molecular weight is 421 g/mol. The minimum absolute atomic E-state index is 0.104. The van der Waals surface area contributed by atoms with Crippen molar-refractivity contribution in [3.05, 3.63) is 11.6 Å². The van der Waals surface area contributed by atoms with Crippen LogP contribution in [0.5, 0.6) is 0 Å². The molecule has 3 heteroatoms. The molecule has 3 fully saturated rings. The van der Waals surface area contributed by atoms with Crippen LogP contribution in [0.4, 0.5) is 0 Å². The smallest absolute Gasteiger partial charge is 0.0577 e. The predicted molar refractivity (Wildman–Crippen MR) is 123 cm³/mol. The molecule has 9 atom stereocenters. The lowest BCUT2D eigenvalue weighted by Gasteiger charge is -2.58. The van der Waals surface area contributed by atoms with Crippen LogP contribution in [0, 0.1) is 40.4 Å². The summed E-state index contributed by atoms with van der Waals surface area (Å²) in [6.07, 6.45) is 13.5. The second-order valence-electron chi connectivity index (χ2n) is 11.8. The van der Waals surface area contributed by atoms with Crippen LogP contribution < -0.4 is 0 Å². The maximum absolute atomic E-state index is 12.3. The molecule has 4 rings (SSSR count). The Hall–Kier alpha value is -0.150. The molecule has 1 N–H and O–H groups in total. The first-order valence-corrected chi connectivity index (χ1v) is 13.8. The van der Waals surface area contributed by atoms with E-state index in [2.05, 4.69) is 40.7 Å². The molecule has 0 aliphatic heterocycles. The highest BCUT2D eigenvalue weighted by Crippen LogP contribution is 2.67. The summed E-state index contributed by atoms with van der Waals surface area (Å²) in [5.74, 6) is 4.93. The molecular formula is C26H44O2S. The second-order valence-corrected chi connectivity index (χ2v) is 13.9. The van der Waals surface area contributed by atoms with Crippen LogP contribution in [0.15, 0.2) is 11.6 Å². The SMILES string of the molecule is CC(C)S(=O)CC[C@@H](C)[C@H]1CC[C@H]2[C@@H]3CC=C4C[C@@H](O)CC[C@]4(C)[C@H]3CC[C@]12C. The lowest BCUT2D eigenvalue weighted by atomic mass is 9.47. The molecule has 0 amide bonds. The van der Waals surface area contributed by atoms with Crippen molar-refractivity contribution in [3.63, 3.8) is 0 Å². The topological polar surface area (TPSA) is 37.3 Å². The fourth-order valence-corrected chi connectivity index (χ4v) is 9.43. The zero-order valence-electron chi connectivity index (χ0n) is 19.5. The minimum atomic E-state index is -0.664. The Labute approximate surface area is 181 Å². The second kappa shape index (κ2) is 8.08. The molecule has 0 aromatic rings. The van der Waals surface area contributed by atoms with E-state index in [1.54, 1.807) is 5.57 Å². The van der Waals surface area contributed by atoms with Gasteiger partial charge in [-0.1, -0.05) is 46.3 Å². The Morgan fingerprint density at radius 3 is 2.59 bits per heavy atom. The molecule has 0 aromatic heterocycles. The van der Waals surface area contributed by atoms with Crippen LogP contribution in [-0.4, -0.2) is 26.4 Å². The summed E-state index contributed by atoms with van der Waals surface area (Å²) in [6, 6.07) is 0. The van der Waals surface area contributed by atoms with Crippen molar-refractivity contribution < 1.29 is 9.32 Å². The van der Waals surface area contributed by atoms with Crippen LogP contribution in [-0.2, 0) is 10.8 Å². The van der Waals surface area contributed by atoms with Gasteiger partial charge in [0.2, 0.25) is 0 Å². The molecule has 1 unspecified atom stereocenters. The summed E-state index contributed by atoms with van der Waals surface area (Å²) in [4.78, 5) is 0. The fourth-order valence-electron chi connectivity index (χ4n) is 8.36. The Morgan fingerprint density at radius 1 is 1.10 bits per heavy atom. The molecule has 0 heterocycles. The van der Waals surface area contributed by atoms with Gasteiger partial charge in [0.05, 0.1) is 6.10 Å².